The molecule has 0 N–H and O–H groups in total. The van der Waals surface area contributed by atoms with Crippen LogP contribution in [-0.2, 0) is 14.2 Å². The van der Waals surface area contributed by atoms with Crippen LogP contribution in [0.25, 0.3) is 0 Å². The zero-order valence-electron chi connectivity index (χ0n) is 5.61. The van der Waals surface area contributed by atoms with Crippen molar-refractivity contribution >= 4 is 6.21 Å². The van der Waals surface area contributed by atoms with E-state index < -0.39 is 0 Å². The zero-order chi connectivity index (χ0) is 7.26. The van der Waals surface area contributed by atoms with Crippen LogP contribution in [0.4, 0.5) is 0 Å². The summed E-state index contributed by atoms with van der Waals surface area (Å²) in [4.78, 5) is 4.06. The molecular weight excluding hydrogens is 146 g/mol. The normalized spacial score (nSPS) is 30.5. The second-order valence-corrected chi connectivity index (χ2v) is 2.43. The SMILES string of the molecule is C1=NC2OC1=CC1=C2OCO1. The van der Waals surface area contributed by atoms with Crippen LogP contribution >= 0.6 is 0 Å². The van der Waals surface area contributed by atoms with Crippen molar-refractivity contribution in [2.45, 2.75) is 6.23 Å². The Morgan fingerprint density at radius 3 is 3.45 bits per heavy atom. The summed E-state index contributed by atoms with van der Waals surface area (Å²) in [5.74, 6) is 2.20. The Hall–Kier alpha value is -1.45. The van der Waals surface area contributed by atoms with Gasteiger partial charge in [-0.3, -0.25) is 0 Å². The Balaban J connectivity index is 2.14. The van der Waals surface area contributed by atoms with Crippen LogP contribution in [0.3, 0.4) is 0 Å². The van der Waals surface area contributed by atoms with Gasteiger partial charge in [0.1, 0.15) is 5.76 Å². The number of hydrogen-bond donors (Lipinski definition) is 0. The van der Waals surface area contributed by atoms with Crippen molar-refractivity contribution in [2.75, 3.05) is 6.79 Å². The molecule has 4 heteroatoms. The molecule has 0 radical (unpaired) electrons. The van der Waals surface area contributed by atoms with Crippen LogP contribution in [0.15, 0.2) is 28.3 Å². The molecule has 0 aliphatic carbocycles. The summed E-state index contributed by atoms with van der Waals surface area (Å²) >= 11 is 0. The monoisotopic (exact) mass is 151 g/mol. The maximum absolute atomic E-state index is 5.29. The number of aliphatic imine (C=N–C) groups is 1. The maximum Gasteiger partial charge on any atom is 0.251 e. The minimum Gasteiger partial charge on any atom is -0.459 e. The minimum absolute atomic E-state index is 0.282. The number of rotatable bonds is 0. The molecule has 0 aromatic rings. The summed E-state index contributed by atoms with van der Waals surface area (Å²) in [7, 11) is 0. The first kappa shape index (κ1) is 5.23. The van der Waals surface area contributed by atoms with E-state index >= 15 is 0 Å². The molecule has 0 spiro atoms. The largest absolute Gasteiger partial charge is 0.459 e. The lowest BCUT2D eigenvalue weighted by Gasteiger charge is -2.12. The van der Waals surface area contributed by atoms with Crippen LogP contribution in [0.1, 0.15) is 0 Å². The molecular formula is C7H5NO3. The Labute approximate surface area is 62.8 Å². The molecule has 0 saturated carbocycles. The van der Waals surface area contributed by atoms with E-state index in [1.807, 2.05) is 0 Å². The minimum atomic E-state index is -0.285. The highest BCUT2D eigenvalue weighted by atomic mass is 16.7. The fraction of sp³-hybridized carbons (Fsp3) is 0.286. The van der Waals surface area contributed by atoms with E-state index in [2.05, 4.69) is 4.99 Å². The van der Waals surface area contributed by atoms with Gasteiger partial charge in [0.15, 0.2) is 5.76 Å². The van der Waals surface area contributed by atoms with Gasteiger partial charge in [0.25, 0.3) is 6.23 Å². The van der Waals surface area contributed by atoms with Crippen LogP contribution in [-0.4, -0.2) is 19.2 Å². The van der Waals surface area contributed by atoms with E-state index in [1.54, 1.807) is 12.3 Å². The molecule has 1 atom stereocenters. The third-order valence-electron chi connectivity index (χ3n) is 1.75. The topological polar surface area (TPSA) is 40.0 Å². The number of nitrogens with zero attached hydrogens (tertiary/aromatic N) is 1. The molecule has 3 rings (SSSR count). The van der Waals surface area contributed by atoms with Gasteiger partial charge in [-0.05, 0) is 0 Å². The second-order valence-electron chi connectivity index (χ2n) is 2.43. The lowest BCUT2D eigenvalue weighted by atomic mass is 10.3. The van der Waals surface area contributed by atoms with E-state index in [0.717, 1.165) is 11.5 Å². The summed E-state index contributed by atoms with van der Waals surface area (Å²) in [6.07, 6.45) is 3.18. The highest BCUT2D eigenvalue weighted by Crippen LogP contribution is 2.32. The molecule has 3 aliphatic rings. The van der Waals surface area contributed by atoms with Gasteiger partial charge >= 0.3 is 0 Å². The predicted molar refractivity (Wildman–Crippen MR) is 35.5 cm³/mol. The fourth-order valence-corrected chi connectivity index (χ4v) is 1.26. The van der Waals surface area contributed by atoms with Crippen molar-refractivity contribution in [2.24, 2.45) is 4.99 Å². The highest BCUT2D eigenvalue weighted by Gasteiger charge is 2.33. The standard InChI is InChI=1S/C7H5NO3/c1-4-2-8-7(11-4)6-5(1)9-3-10-6/h1-2,7H,3H2. The molecule has 0 fully saturated rings. The van der Waals surface area contributed by atoms with Gasteiger partial charge in [-0.25, -0.2) is 4.99 Å². The average Bonchev–Trinajstić information content (AvgIpc) is 2.58. The zero-order valence-corrected chi connectivity index (χ0v) is 5.61. The first-order valence-corrected chi connectivity index (χ1v) is 3.35. The van der Waals surface area contributed by atoms with Crippen LogP contribution in [0.2, 0.25) is 0 Å². The van der Waals surface area contributed by atoms with E-state index in [-0.39, 0.29) is 13.0 Å². The molecule has 0 aromatic carbocycles. The van der Waals surface area contributed by atoms with Crippen molar-refractivity contribution in [1.29, 1.82) is 0 Å². The molecule has 0 amide bonds. The summed E-state index contributed by atoms with van der Waals surface area (Å²) < 4.78 is 15.6. The molecule has 1 unspecified atom stereocenters. The van der Waals surface area contributed by atoms with Crippen LogP contribution in [0.5, 0.6) is 0 Å². The Kier molecular flexibility index (Phi) is 0.753. The first-order valence-electron chi connectivity index (χ1n) is 3.35. The molecule has 2 bridgehead atoms. The van der Waals surface area contributed by atoms with Crippen LogP contribution in [0, 0.1) is 0 Å². The lowest BCUT2D eigenvalue weighted by Crippen LogP contribution is -2.12. The predicted octanol–water partition coefficient (Wildman–Crippen LogP) is 0.527. The number of allylic oxidation sites excluding steroid dienone is 2. The van der Waals surface area contributed by atoms with Gasteiger partial charge in [0.2, 0.25) is 12.6 Å². The van der Waals surface area contributed by atoms with E-state index in [4.69, 9.17) is 14.2 Å². The quantitative estimate of drug-likeness (QED) is 0.507. The van der Waals surface area contributed by atoms with Gasteiger partial charge in [-0.15, -0.1) is 0 Å². The molecule has 11 heavy (non-hydrogen) atoms. The molecule has 4 nitrogen and oxygen atoms in total. The Morgan fingerprint density at radius 2 is 2.45 bits per heavy atom. The number of ether oxygens (including phenoxy) is 3. The van der Waals surface area contributed by atoms with E-state index in [9.17, 15) is 0 Å². The van der Waals surface area contributed by atoms with Gasteiger partial charge in [-0.1, -0.05) is 0 Å². The summed E-state index contributed by atoms with van der Waals surface area (Å²) in [5.41, 5.74) is 0. The first-order chi connectivity index (χ1) is 5.43. The molecule has 56 valence electrons. The Bertz CT molecular complexity index is 303. The third-order valence-corrected chi connectivity index (χ3v) is 1.75. The van der Waals surface area contributed by atoms with Gasteiger partial charge < -0.3 is 14.2 Å². The van der Waals surface area contributed by atoms with Crippen LogP contribution < -0.4 is 0 Å². The summed E-state index contributed by atoms with van der Waals surface area (Å²) in [6.45, 7) is 0.282. The van der Waals surface area contributed by atoms with Gasteiger partial charge in [0.05, 0.1) is 6.21 Å². The fourth-order valence-electron chi connectivity index (χ4n) is 1.26. The molecule has 0 aromatic heterocycles. The van der Waals surface area contributed by atoms with E-state index in [1.165, 1.54) is 0 Å². The number of fused-ring (bicyclic) bond motifs is 3. The summed E-state index contributed by atoms with van der Waals surface area (Å²) in [5, 5.41) is 0. The van der Waals surface area contributed by atoms with Gasteiger partial charge in [0, 0.05) is 6.08 Å². The van der Waals surface area contributed by atoms with Crippen molar-refractivity contribution in [3.63, 3.8) is 0 Å². The lowest BCUT2D eigenvalue weighted by molar-refractivity contribution is 0.0504. The van der Waals surface area contributed by atoms with Gasteiger partial charge in [-0.2, -0.15) is 0 Å². The summed E-state index contributed by atoms with van der Waals surface area (Å²) in [6, 6.07) is 0. The Morgan fingerprint density at radius 1 is 1.45 bits per heavy atom. The molecule has 0 saturated heterocycles. The highest BCUT2D eigenvalue weighted by molar-refractivity contribution is 5.79. The number of hydrogen-bond acceptors (Lipinski definition) is 4. The maximum atomic E-state index is 5.29. The van der Waals surface area contributed by atoms with Crippen molar-refractivity contribution in [3.05, 3.63) is 23.4 Å². The molecule has 3 heterocycles. The molecule has 3 aliphatic heterocycles. The van der Waals surface area contributed by atoms with Crippen molar-refractivity contribution in [1.82, 2.24) is 0 Å². The van der Waals surface area contributed by atoms with Crippen molar-refractivity contribution in [3.8, 4) is 0 Å². The second kappa shape index (κ2) is 1.58. The third kappa shape index (κ3) is 0.562. The van der Waals surface area contributed by atoms with E-state index in [0.29, 0.717) is 5.76 Å². The smallest absolute Gasteiger partial charge is 0.251 e. The average molecular weight is 151 g/mol. The van der Waals surface area contributed by atoms with Crippen molar-refractivity contribution < 1.29 is 14.2 Å².